The first-order valence-corrected chi connectivity index (χ1v) is 11.2. The number of unbranched alkanes of at least 4 members (excludes halogenated alkanes) is 1. The molecule has 9 heteroatoms. The predicted octanol–water partition coefficient (Wildman–Crippen LogP) is 3.10. The van der Waals surface area contributed by atoms with Crippen LogP contribution in [0.4, 0.5) is 8.78 Å². The van der Waals surface area contributed by atoms with Gasteiger partial charge < -0.3 is 9.47 Å². The molecule has 30 heavy (non-hydrogen) atoms. The largest absolute Gasteiger partial charge is 0.493 e. The van der Waals surface area contributed by atoms with Crippen LogP contribution in [0, 0.1) is 11.6 Å². The predicted molar refractivity (Wildman–Crippen MR) is 109 cm³/mol. The molecule has 0 unspecified atom stereocenters. The highest BCUT2D eigenvalue weighted by Crippen LogP contribution is 2.33. The monoisotopic (exact) mass is 440 g/mol. The lowest BCUT2D eigenvalue weighted by molar-refractivity contribution is 0.248. The summed E-state index contributed by atoms with van der Waals surface area (Å²) in [5, 5.41) is 0. The first-order chi connectivity index (χ1) is 14.3. The molecule has 3 rings (SSSR count). The van der Waals surface area contributed by atoms with Crippen molar-refractivity contribution >= 4 is 10.0 Å². The highest BCUT2D eigenvalue weighted by molar-refractivity contribution is 7.89. The van der Waals surface area contributed by atoms with Crippen LogP contribution in [-0.4, -0.2) is 47.2 Å². The Morgan fingerprint density at radius 1 is 1.03 bits per heavy atom. The average molecular weight is 441 g/mol. The molecule has 0 aromatic heterocycles. The first-order valence-electron chi connectivity index (χ1n) is 9.75. The Morgan fingerprint density at radius 3 is 2.43 bits per heavy atom. The molecule has 1 heterocycles. The van der Waals surface area contributed by atoms with Crippen molar-refractivity contribution in [1.82, 2.24) is 9.62 Å². The fourth-order valence-electron chi connectivity index (χ4n) is 3.56. The number of hydrogen-bond donors (Lipinski definition) is 1. The summed E-state index contributed by atoms with van der Waals surface area (Å²) < 4.78 is 64.4. The van der Waals surface area contributed by atoms with Crippen LogP contribution in [0.25, 0.3) is 0 Å². The van der Waals surface area contributed by atoms with Crippen molar-refractivity contribution in [2.45, 2.75) is 30.7 Å². The normalized spacial score (nSPS) is 14.4. The summed E-state index contributed by atoms with van der Waals surface area (Å²) in [5.41, 5.74) is 2.44. The van der Waals surface area contributed by atoms with Gasteiger partial charge in [-0.2, -0.15) is 0 Å². The van der Waals surface area contributed by atoms with E-state index >= 15 is 0 Å². The van der Waals surface area contributed by atoms with Gasteiger partial charge in [0.1, 0.15) is 16.5 Å². The molecule has 0 spiro atoms. The number of rotatable bonds is 9. The second-order valence-electron chi connectivity index (χ2n) is 7.18. The van der Waals surface area contributed by atoms with Gasteiger partial charge in [-0.05, 0) is 67.3 Å². The van der Waals surface area contributed by atoms with Crippen LogP contribution in [-0.2, 0) is 23.0 Å². The van der Waals surface area contributed by atoms with E-state index in [2.05, 4.69) is 9.62 Å². The molecule has 1 aliphatic rings. The maximum atomic E-state index is 13.7. The summed E-state index contributed by atoms with van der Waals surface area (Å²) in [4.78, 5) is 1.63. The molecule has 0 fully saturated rings. The van der Waals surface area contributed by atoms with Gasteiger partial charge in [-0.15, -0.1) is 0 Å². The van der Waals surface area contributed by atoms with E-state index in [1.807, 2.05) is 12.1 Å². The number of nitrogens with zero attached hydrogens (tertiary/aromatic N) is 1. The molecule has 0 aliphatic carbocycles. The number of nitrogens with one attached hydrogen (secondary N) is 1. The third-order valence-electron chi connectivity index (χ3n) is 5.17. The minimum Gasteiger partial charge on any atom is -0.493 e. The van der Waals surface area contributed by atoms with Gasteiger partial charge in [-0.3, -0.25) is 4.90 Å². The van der Waals surface area contributed by atoms with E-state index in [9.17, 15) is 17.2 Å². The van der Waals surface area contributed by atoms with Crippen molar-refractivity contribution < 1.29 is 26.7 Å². The molecule has 164 valence electrons. The Labute approximate surface area is 175 Å². The first kappa shape index (κ1) is 22.5. The molecule has 2 aromatic carbocycles. The maximum absolute atomic E-state index is 13.7. The van der Waals surface area contributed by atoms with Gasteiger partial charge >= 0.3 is 0 Å². The third-order valence-corrected chi connectivity index (χ3v) is 6.65. The Morgan fingerprint density at radius 2 is 1.73 bits per heavy atom. The number of fused-ring (bicyclic) bond motifs is 1. The van der Waals surface area contributed by atoms with Crippen molar-refractivity contribution in [1.29, 1.82) is 0 Å². The fraction of sp³-hybridized carbons (Fsp3) is 0.429. The second-order valence-corrected chi connectivity index (χ2v) is 8.92. The Kier molecular flexibility index (Phi) is 7.27. The average Bonchev–Trinajstić information content (AvgIpc) is 2.73. The van der Waals surface area contributed by atoms with Gasteiger partial charge in [-0.25, -0.2) is 21.9 Å². The zero-order valence-electron chi connectivity index (χ0n) is 17.1. The van der Waals surface area contributed by atoms with Gasteiger partial charge in [0.25, 0.3) is 0 Å². The van der Waals surface area contributed by atoms with E-state index in [-0.39, 0.29) is 6.54 Å². The summed E-state index contributed by atoms with van der Waals surface area (Å²) in [6, 6.07) is 6.40. The van der Waals surface area contributed by atoms with Crippen molar-refractivity contribution in [3.63, 3.8) is 0 Å². The zero-order valence-corrected chi connectivity index (χ0v) is 17.9. The van der Waals surface area contributed by atoms with Gasteiger partial charge in [0.2, 0.25) is 10.0 Å². The van der Waals surface area contributed by atoms with E-state index in [1.54, 1.807) is 14.2 Å². The molecule has 0 saturated heterocycles. The topological polar surface area (TPSA) is 67.9 Å². The summed E-state index contributed by atoms with van der Waals surface area (Å²) >= 11 is 0. The maximum Gasteiger partial charge on any atom is 0.243 e. The molecule has 0 amide bonds. The van der Waals surface area contributed by atoms with Gasteiger partial charge in [0.05, 0.1) is 14.2 Å². The highest BCUT2D eigenvalue weighted by atomic mass is 32.2. The number of ether oxygens (including phenoxy) is 2. The van der Waals surface area contributed by atoms with Crippen LogP contribution in [0.2, 0.25) is 0 Å². The van der Waals surface area contributed by atoms with Crippen LogP contribution >= 0.6 is 0 Å². The van der Waals surface area contributed by atoms with Crippen molar-refractivity contribution in [3.05, 3.63) is 53.1 Å². The Balaban J connectivity index is 1.48. The summed E-state index contributed by atoms with van der Waals surface area (Å²) in [6.07, 6.45) is 2.27. The molecular weight excluding hydrogens is 414 g/mol. The quantitative estimate of drug-likeness (QED) is 0.607. The van der Waals surface area contributed by atoms with Crippen LogP contribution in [0.3, 0.4) is 0 Å². The van der Waals surface area contributed by atoms with Crippen LogP contribution < -0.4 is 14.2 Å². The molecule has 0 radical (unpaired) electrons. The number of hydrogen-bond acceptors (Lipinski definition) is 5. The summed E-state index contributed by atoms with van der Waals surface area (Å²) in [7, 11) is -0.843. The molecular formula is C21H26F2N2O4S. The van der Waals surface area contributed by atoms with Crippen molar-refractivity contribution in [2.75, 3.05) is 33.9 Å². The van der Waals surface area contributed by atoms with Gasteiger partial charge in [0.15, 0.2) is 11.5 Å². The van der Waals surface area contributed by atoms with E-state index in [4.69, 9.17) is 9.47 Å². The SMILES string of the molecule is COc1cc2c(cc1OC)CN(CCCCNS(=O)(=O)c1cc(F)ccc1F)CC2. The standard InChI is InChI=1S/C21H26F2N2O4S/c1-28-19-11-15-7-10-25(14-16(15)12-20(19)29-2)9-4-3-8-24-30(26,27)21-13-17(22)5-6-18(21)23/h5-6,11-13,24H,3-4,7-10,14H2,1-2H3. The molecule has 0 atom stereocenters. The lowest BCUT2D eigenvalue weighted by Gasteiger charge is -2.29. The number of benzene rings is 2. The Hall–Kier alpha value is -2.23. The number of sulfonamides is 1. The number of halogens is 2. The Bertz CT molecular complexity index is 999. The van der Waals surface area contributed by atoms with Crippen LogP contribution in [0.1, 0.15) is 24.0 Å². The van der Waals surface area contributed by atoms with Crippen LogP contribution in [0.5, 0.6) is 11.5 Å². The van der Waals surface area contributed by atoms with E-state index in [0.29, 0.717) is 18.2 Å². The molecule has 2 aromatic rings. The van der Waals surface area contributed by atoms with E-state index in [1.165, 1.54) is 11.1 Å². The smallest absolute Gasteiger partial charge is 0.243 e. The van der Waals surface area contributed by atoms with Gasteiger partial charge in [0, 0.05) is 19.6 Å². The van der Waals surface area contributed by atoms with E-state index in [0.717, 1.165) is 50.4 Å². The fourth-order valence-corrected chi connectivity index (χ4v) is 4.72. The highest BCUT2D eigenvalue weighted by Gasteiger charge is 2.21. The molecule has 6 nitrogen and oxygen atoms in total. The molecule has 0 saturated carbocycles. The van der Waals surface area contributed by atoms with E-state index < -0.39 is 26.6 Å². The van der Waals surface area contributed by atoms with Gasteiger partial charge in [-0.1, -0.05) is 0 Å². The minimum absolute atomic E-state index is 0.160. The lowest BCUT2D eigenvalue weighted by Crippen LogP contribution is -2.32. The molecule has 1 aliphatic heterocycles. The van der Waals surface area contributed by atoms with Crippen LogP contribution in [0.15, 0.2) is 35.2 Å². The minimum atomic E-state index is -4.08. The number of methoxy groups -OCH3 is 2. The summed E-state index contributed by atoms with van der Waals surface area (Å²) in [5.74, 6) is -0.330. The molecule has 1 N–H and O–H groups in total. The van der Waals surface area contributed by atoms with Crippen molar-refractivity contribution in [3.8, 4) is 11.5 Å². The lowest BCUT2D eigenvalue weighted by atomic mass is 9.98. The molecule has 0 bridgehead atoms. The van der Waals surface area contributed by atoms with Crippen molar-refractivity contribution in [2.24, 2.45) is 0 Å². The summed E-state index contributed by atoms with van der Waals surface area (Å²) in [6.45, 7) is 2.66. The third kappa shape index (κ3) is 5.27. The second kappa shape index (κ2) is 9.72. The zero-order chi connectivity index (χ0) is 21.7.